The van der Waals surface area contributed by atoms with Crippen molar-refractivity contribution < 1.29 is 27.5 Å². The van der Waals surface area contributed by atoms with Crippen LogP contribution in [0.3, 0.4) is 0 Å². The molecule has 0 radical (unpaired) electrons. The minimum absolute atomic E-state index is 0.0118. The predicted octanol–water partition coefficient (Wildman–Crippen LogP) is 4.15. The Morgan fingerprint density at radius 1 is 0.929 bits per heavy atom. The van der Waals surface area contributed by atoms with Crippen molar-refractivity contribution in [2.24, 2.45) is 0 Å². The van der Waals surface area contributed by atoms with Crippen molar-refractivity contribution in [1.82, 2.24) is 0 Å². The molecule has 1 N–H and O–H groups in total. The molecule has 2 aromatic carbocycles. The average molecular weight is 446 g/mol. The van der Waals surface area contributed by atoms with Crippen molar-refractivity contribution in [2.45, 2.75) is 18.7 Å². The maximum atomic E-state index is 12.7. The SMILES string of the molecule is CCOC(=O)c1cc(NS(=O)(=O)c2cc(Cl)ccc2Cl)cc(C(=O)OCC)c1. The van der Waals surface area contributed by atoms with Gasteiger partial charge in [-0.15, -0.1) is 0 Å². The molecule has 0 aromatic heterocycles. The molecular weight excluding hydrogens is 429 g/mol. The average Bonchev–Trinajstić information content (AvgIpc) is 2.63. The number of carbonyl (C=O) groups is 2. The summed E-state index contributed by atoms with van der Waals surface area (Å²) in [4.78, 5) is 23.9. The van der Waals surface area contributed by atoms with Gasteiger partial charge in [-0.2, -0.15) is 0 Å². The standard InChI is InChI=1S/C18H17Cl2NO6S/c1-3-26-17(22)11-7-12(18(23)27-4-2)9-14(8-11)21-28(24,25)16-10-13(19)5-6-15(16)20/h5-10,21H,3-4H2,1-2H3. The van der Waals surface area contributed by atoms with Crippen LogP contribution in [0.25, 0.3) is 0 Å². The number of rotatable bonds is 7. The van der Waals surface area contributed by atoms with E-state index in [9.17, 15) is 18.0 Å². The van der Waals surface area contributed by atoms with Crippen LogP contribution in [0.4, 0.5) is 5.69 Å². The Morgan fingerprint density at radius 3 is 1.96 bits per heavy atom. The summed E-state index contributed by atoms with van der Waals surface area (Å²) in [5.74, 6) is -1.43. The van der Waals surface area contributed by atoms with Gasteiger partial charge < -0.3 is 9.47 Å². The number of ether oxygens (including phenoxy) is 2. The Bertz CT molecular complexity index is 971. The zero-order chi connectivity index (χ0) is 20.9. The van der Waals surface area contributed by atoms with Crippen molar-refractivity contribution in [3.8, 4) is 0 Å². The first-order valence-electron chi connectivity index (χ1n) is 8.15. The highest BCUT2D eigenvalue weighted by Crippen LogP contribution is 2.27. The first-order chi connectivity index (χ1) is 13.2. The van der Waals surface area contributed by atoms with Crippen molar-refractivity contribution >= 4 is 50.9 Å². The molecule has 0 saturated heterocycles. The quantitative estimate of drug-likeness (QED) is 0.642. The Hall–Kier alpha value is -2.29. The highest BCUT2D eigenvalue weighted by molar-refractivity contribution is 7.92. The van der Waals surface area contributed by atoms with Gasteiger partial charge in [0, 0.05) is 5.02 Å². The van der Waals surface area contributed by atoms with Gasteiger partial charge in [-0.3, -0.25) is 4.72 Å². The Morgan fingerprint density at radius 2 is 1.46 bits per heavy atom. The van der Waals surface area contributed by atoms with Crippen LogP contribution < -0.4 is 4.72 Å². The number of nitrogens with one attached hydrogen (secondary N) is 1. The van der Waals surface area contributed by atoms with E-state index in [0.717, 1.165) is 0 Å². The summed E-state index contributed by atoms with van der Waals surface area (Å²) in [6, 6.07) is 7.74. The van der Waals surface area contributed by atoms with Crippen molar-refractivity contribution in [3.63, 3.8) is 0 Å². The molecule has 0 aliphatic carbocycles. The lowest BCUT2D eigenvalue weighted by atomic mass is 10.1. The first-order valence-corrected chi connectivity index (χ1v) is 10.4. The number of hydrogen-bond donors (Lipinski definition) is 1. The van der Waals surface area contributed by atoms with Gasteiger partial charge in [0.1, 0.15) is 4.90 Å². The molecule has 0 fully saturated rings. The van der Waals surface area contributed by atoms with Crippen LogP contribution in [-0.4, -0.2) is 33.6 Å². The molecule has 7 nitrogen and oxygen atoms in total. The minimum Gasteiger partial charge on any atom is -0.462 e. The number of carbonyl (C=O) groups excluding carboxylic acids is 2. The fraction of sp³-hybridized carbons (Fsp3) is 0.222. The Labute approximate surface area is 172 Å². The lowest BCUT2D eigenvalue weighted by Gasteiger charge is -2.13. The molecule has 10 heteroatoms. The highest BCUT2D eigenvalue weighted by atomic mass is 35.5. The second-order valence-corrected chi connectivity index (χ2v) is 7.91. The molecule has 0 aliphatic heterocycles. The normalized spacial score (nSPS) is 11.0. The zero-order valence-electron chi connectivity index (χ0n) is 15.0. The number of anilines is 1. The number of sulfonamides is 1. The molecule has 0 bridgehead atoms. The topological polar surface area (TPSA) is 98.8 Å². The highest BCUT2D eigenvalue weighted by Gasteiger charge is 2.21. The third-order valence-electron chi connectivity index (χ3n) is 3.39. The van der Waals surface area contributed by atoms with E-state index in [1.165, 1.54) is 36.4 Å². The molecule has 2 aromatic rings. The summed E-state index contributed by atoms with van der Waals surface area (Å²) in [6.45, 7) is 3.47. The zero-order valence-corrected chi connectivity index (χ0v) is 17.3. The van der Waals surface area contributed by atoms with Gasteiger partial charge in [-0.1, -0.05) is 23.2 Å². The van der Waals surface area contributed by atoms with Gasteiger partial charge in [0.2, 0.25) is 0 Å². The molecule has 28 heavy (non-hydrogen) atoms. The minimum atomic E-state index is -4.15. The van der Waals surface area contributed by atoms with E-state index in [4.69, 9.17) is 32.7 Å². The van der Waals surface area contributed by atoms with E-state index in [0.29, 0.717) is 0 Å². The van der Waals surface area contributed by atoms with Crippen molar-refractivity contribution in [1.29, 1.82) is 0 Å². The fourth-order valence-electron chi connectivity index (χ4n) is 2.24. The molecule has 0 spiro atoms. The maximum absolute atomic E-state index is 12.7. The molecule has 2 rings (SSSR count). The van der Waals surface area contributed by atoms with Gasteiger partial charge in [0.05, 0.1) is 35.1 Å². The molecule has 0 aliphatic rings. The predicted molar refractivity (Wildman–Crippen MR) is 106 cm³/mol. The van der Waals surface area contributed by atoms with E-state index in [2.05, 4.69) is 4.72 Å². The summed E-state index contributed by atoms with van der Waals surface area (Å²) in [7, 11) is -4.15. The van der Waals surface area contributed by atoms with E-state index < -0.39 is 22.0 Å². The number of esters is 2. The molecular formula is C18H17Cl2NO6S. The molecule has 0 unspecified atom stereocenters. The molecule has 0 amide bonds. The van der Waals surface area contributed by atoms with Gasteiger partial charge >= 0.3 is 11.9 Å². The summed E-state index contributed by atoms with van der Waals surface area (Å²) < 4.78 is 37.5. The number of halogens is 2. The van der Waals surface area contributed by atoms with Gasteiger partial charge in [0.25, 0.3) is 10.0 Å². The van der Waals surface area contributed by atoms with Crippen LogP contribution in [0.2, 0.25) is 10.0 Å². The smallest absolute Gasteiger partial charge is 0.338 e. The Balaban J connectivity index is 2.49. The summed E-state index contributed by atoms with van der Waals surface area (Å²) in [5, 5.41) is 0.140. The lowest BCUT2D eigenvalue weighted by molar-refractivity contribution is 0.0525. The van der Waals surface area contributed by atoms with Gasteiger partial charge in [-0.05, 0) is 50.2 Å². The van der Waals surface area contributed by atoms with Crippen LogP contribution in [0.1, 0.15) is 34.6 Å². The van der Waals surface area contributed by atoms with Crippen LogP contribution >= 0.6 is 23.2 Å². The second kappa shape index (κ2) is 9.27. The van der Waals surface area contributed by atoms with Crippen LogP contribution in [-0.2, 0) is 19.5 Å². The fourth-order valence-corrected chi connectivity index (χ4v) is 4.05. The number of benzene rings is 2. The van der Waals surface area contributed by atoms with E-state index in [1.807, 2.05) is 0 Å². The third-order valence-corrected chi connectivity index (χ3v) is 5.49. The second-order valence-electron chi connectivity index (χ2n) is 5.42. The summed E-state index contributed by atoms with van der Waals surface area (Å²) in [5.41, 5.74) is -0.0609. The first kappa shape index (κ1) is 22.0. The lowest BCUT2D eigenvalue weighted by Crippen LogP contribution is -2.16. The largest absolute Gasteiger partial charge is 0.462 e. The number of hydrogen-bond acceptors (Lipinski definition) is 6. The molecule has 0 saturated carbocycles. The van der Waals surface area contributed by atoms with Crippen LogP contribution in [0.5, 0.6) is 0 Å². The molecule has 150 valence electrons. The van der Waals surface area contributed by atoms with Crippen molar-refractivity contribution in [3.05, 3.63) is 57.6 Å². The summed E-state index contributed by atoms with van der Waals surface area (Å²) >= 11 is 11.8. The van der Waals surface area contributed by atoms with Crippen LogP contribution in [0.15, 0.2) is 41.3 Å². The van der Waals surface area contributed by atoms with Gasteiger partial charge in [-0.25, -0.2) is 18.0 Å². The molecule has 0 atom stereocenters. The van der Waals surface area contributed by atoms with E-state index in [-0.39, 0.29) is 45.0 Å². The Kier molecular flexibility index (Phi) is 7.29. The van der Waals surface area contributed by atoms with Crippen LogP contribution in [0, 0.1) is 0 Å². The van der Waals surface area contributed by atoms with Gasteiger partial charge in [0.15, 0.2) is 0 Å². The van der Waals surface area contributed by atoms with Crippen molar-refractivity contribution in [2.75, 3.05) is 17.9 Å². The van der Waals surface area contributed by atoms with E-state index >= 15 is 0 Å². The summed E-state index contributed by atoms with van der Waals surface area (Å²) in [6.07, 6.45) is 0. The van der Waals surface area contributed by atoms with E-state index in [1.54, 1.807) is 13.8 Å². The third kappa shape index (κ3) is 5.37. The maximum Gasteiger partial charge on any atom is 0.338 e. The monoisotopic (exact) mass is 445 g/mol. The molecule has 0 heterocycles.